The molecule has 1 aromatic heterocycles. The number of aromatic amines is 1. The highest BCUT2D eigenvalue weighted by atomic mass is 15.3. The molecule has 3 N–H and O–H groups in total. The van der Waals surface area contributed by atoms with E-state index in [1.165, 1.54) is 12.8 Å². The summed E-state index contributed by atoms with van der Waals surface area (Å²) in [5.41, 5.74) is 8.60. The molecule has 0 atom stereocenters. The molecule has 0 radical (unpaired) electrons. The molecule has 4 heteroatoms. The number of rotatable bonds is 2. The zero-order valence-corrected chi connectivity index (χ0v) is 11.7. The lowest BCUT2D eigenvalue weighted by Gasteiger charge is -2.33. The smallest absolute Gasteiger partial charge is 0.203 e. The Bertz CT molecular complexity index is 565. The van der Waals surface area contributed by atoms with E-state index in [4.69, 9.17) is 5.73 Å². The minimum absolute atomic E-state index is 0.779. The van der Waals surface area contributed by atoms with Gasteiger partial charge in [-0.25, -0.2) is 4.98 Å². The van der Waals surface area contributed by atoms with Crippen molar-refractivity contribution in [3.63, 3.8) is 0 Å². The first-order valence-corrected chi connectivity index (χ1v) is 7.13. The number of nitrogens with zero attached hydrogens (tertiary/aromatic N) is 2. The van der Waals surface area contributed by atoms with Crippen LogP contribution >= 0.6 is 0 Å². The van der Waals surface area contributed by atoms with Gasteiger partial charge in [-0.2, -0.15) is 0 Å². The van der Waals surface area contributed by atoms with Crippen LogP contribution in [0.4, 0.5) is 11.6 Å². The summed E-state index contributed by atoms with van der Waals surface area (Å²) in [6.45, 7) is 6.84. The van der Waals surface area contributed by atoms with Gasteiger partial charge >= 0.3 is 0 Å². The topological polar surface area (TPSA) is 57.9 Å². The number of hydrogen-bond donors (Lipinski definition) is 2. The predicted molar refractivity (Wildman–Crippen MR) is 80.3 cm³/mol. The quantitative estimate of drug-likeness (QED) is 0.814. The number of anilines is 2. The average molecular weight is 258 g/mol. The lowest BCUT2D eigenvalue weighted by Crippen LogP contribution is -2.35. The van der Waals surface area contributed by atoms with Gasteiger partial charge in [-0.05, 0) is 42.9 Å². The molecular weight excluding hydrogens is 236 g/mol. The molecule has 1 aliphatic rings. The van der Waals surface area contributed by atoms with Crippen LogP contribution < -0.4 is 10.6 Å². The molecule has 0 aliphatic carbocycles. The Morgan fingerprint density at radius 1 is 1.32 bits per heavy atom. The number of H-pyrrole nitrogens is 1. The number of nitrogens with one attached hydrogen (secondary N) is 1. The fourth-order valence-electron chi connectivity index (χ4n) is 2.94. The maximum atomic E-state index is 5.80. The van der Waals surface area contributed by atoms with Crippen molar-refractivity contribution < 1.29 is 0 Å². The number of piperidine rings is 1. The lowest BCUT2D eigenvalue weighted by molar-refractivity contribution is 0.310. The van der Waals surface area contributed by atoms with Crippen LogP contribution in [0.5, 0.6) is 0 Å². The number of aromatic nitrogens is 2. The van der Waals surface area contributed by atoms with Crippen molar-refractivity contribution in [3.05, 3.63) is 18.2 Å². The van der Waals surface area contributed by atoms with Crippen LogP contribution in [0.25, 0.3) is 11.0 Å². The summed E-state index contributed by atoms with van der Waals surface area (Å²) in [4.78, 5) is 10.4. The van der Waals surface area contributed by atoms with E-state index in [0.717, 1.165) is 47.6 Å². The third-order valence-corrected chi connectivity index (χ3v) is 4.28. The second kappa shape index (κ2) is 4.76. The Labute approximate surface area is 114 Å². The molecule has 19 heavy (non-hydrogen) atoms. The van der Waals surface area contributed by atoms with Crippen LogP contribution in [0.1, 0.15) is 26.7 Å². The SMILES string of the molecule is CC(C)C1CCN(c2nc3ccc(N)cc3[nH]2)CC1. The molecule has 0 bridgehead atoms. The highest BCUT2D eigenvalue weighted by Crippen LogP contribution is 2.27. The molecule has 1 aliphatic heterocycles. The number of nitrogen functional groups attached to an aromatic ring is 1. The van der Waals surface area contributed by atoms with Crippen molar-refractivity contribution in [1.82, 2.24) is 9.97 Å². The number of fused-ring (bicyclic) bond motifs is 1. The first-order chi connectivity index (χ1) is 9.13. The van der Waals surface area contributed by atoms with E-state index < -0.39 is 0 Å². The number of hydrogen-bond acceptors (Lipinski definition) is 3. The maximum Gasteiger partial charge on any atom is 0.203 e. The Morgan fingerprint density at radius 2 is 2.05 bits per heavy atom. The fourth-order valence-corrected chi connectivity index (χ4v) is 2.94. The second-order valence-corrected chi connectivity index (χ2v) is 5.91. The molecule has 0 amide bonds. The van der Waals surface area contributed by atoms with E-state index in [1.54, 1.807) is 0 Å². The van der Waals surface area contributed by atoms with Gasteiger partial charge in [0.15, 0.2) is 0 Å². The summed E-state index contributed by atoms with van der Waals surface area (Å²) in [6, 6.07) is 5.83. The van der Waals surface area contributed by atoms with Gasteiger partial charge < -0.3 is 15.6 Å². The molecule has 2 heterocycles. The third-order valence-electron chi connectivity index (χ3n) is 4.28. The molecule has 102 valence electrons. The summed E-state index contributed by atoms with van der Waals surface area (Å²) in [6.07, 6.45) is 2.52. The van der Waals surface area contributed by atoms with Gasteiger partial charge in [-0.15, -0.1) is 0 Å². The Balaban J connectivity index is 1.78. The van der Waals surface area contributed by atoms with Crippen molar-refractivity contribution in [2.45, 2.75) is 26.7 Å². The van der Waals surface area contributed by atoms with E-state index in [1.807, 2.05) is 18.2 Å². The molecule has 0 spiro atoms. The van der Waals surface area contributed by atoms with Crippen molar-refractivity contribution >= 4 is 22.7 Å². The monoisotopic (exact) mass is 258 g/mol. The van der Waals surface area contributed by atoms with Crippen molar-refractivity contribution in [2.75, 3.05) is 23.7 Å². The van der Waals surface area contributed by atoms with Gasteiger partial charge in [-0.1, -0.05) is 13.8 Å². The fraction of sp³-hybridized carbons (Fsp3) is 0.533. The van der Waals surface area contributed by atoms with E-state index in [2.05, 4.69) is 28.7 Å². The van der Waals surface area contributed by atoms with Gasteiger partial charge in [0.2, 0.25) is 5.95 Å². The van der Waals surface area contributed by atoms with Crippen molar-refractivity contribution in [2.24, 2.45) is 11.8 Å². The first-order valence-electron chi connectivity index (χ1n) is 7.13. The normalized spacial score (nSPS) is 17.5. The van der Waals surface area contributed by atoms with Crippen LogP contribution in [0.15, 0.2) is 18.2 Å². The molecule has 0 unspecified atom stereocenters. The summed E-state index contributed by atoms with van der Waals surface area (Å²) in [5, 5.41) is 0. The van der Waals surface area contributed by atoms with Crippen LogP contribution in [0.3, 0.4) is 0 Å². The minimum Gasteiger partial charge on any atom is -0.399 e. The van der Waals surface area contributed by atoms with Gasteiger partial charge in [0, 0.05) is 18.8 Å². The highest BCUT2D eigenvalue weighted by Gasteiger charge is 2.23. The van der Waals surface area contributed by atoms with E-state index in [9.17, 15) is 0 Å². The Hall–Kier alpha value is -1.71. The highest BCUT2D eigenvalue weighted by molar-refractivity contribution is 5.80. The van der Waals surface area contributed by atoms with Crippen LogP contribution in [0, 0.1) is 11.8 Å². The zero-order chi connectivity index (χ0) is 13.4. The van der Waals surface area contributed by atoms with Gasteiger partial charge in [0.25, 0.3) is 0 Å². The van der Waals surface area contributed by atoms with E-state index in [-0.39, 0.29) is 0 Å². The molecule has 1 fully saturated rings. The van der Waals surface area contributed by atoms with Crippen molar-refractivity contribution in [1.29, 1.82) is 0 Å². The summed E-state index contributed by atoms with van der Waals surface area (Å²) in [7, 11) is 0. The first kappa shape index (κ1) is 12.3. The van der Waals surface area contributed by atoms with E-state index in [0.29, 0.717) is 0 Å². The lowest BCUT2D eigenvalue weighted by atomic mass is 9.87. The maximum absolute atomic E-state index is 5.80. The van der Waals surface area contributed by atoms with Gasteiger partial charge in [0.1, 0.15) is 0 Å². The van der Waals surface area contributed by atoms with Gasteiger partial charge in [-0.3, -0.25) is 0 Å². The van der Waals surface area contributed by atoms with Crippen LogP contribution in [-0.4, -0.2) is 23.1 Å². The molecule has 3 rings (SSSR count). The summed E-state index contributed by atoms with van der Waals surface area (Å²) >= 11 is 0. The third kappa shape index (κ3) is 2.39. The van der Waals surface area contributed by atoms with Crippen LogP contribution in [0.2, 0.25) is 0 Å². The number of nitrogens with two attached hydrogens (primary N) is 1. The van der Waals surface area contributed by atoms with Crippen molar-refractivity contribution in [3.8, 4) is 0 Å². The molecular formula is C15H22N4. The second-order valence-electron chi connectivity index (χ2n) is 5.91. The standard InChI is InChI=1S/C15H22N4/c1-10(2)11-5-7-19(8-6-11)15-17-13-4-3-12(16)9-14(13)18-15/h3-4,9-11H,5-8,16H2,1-2H3,(H,17,18). The average Bonchev–Trinajstić information content (AvgIpc) is 2.81. The molecule has 2 aromatic rings. The van der Waals surface area contributed by atoms with Crippen LogP contribution in [-0.2, 0) is 0 Å². The summed E-state index contributed by atoms with van der Waals surface area (Å²) < 4.78 is 0. The number of benzene rings is 1. The molecule has 1 aromatic carbocycles. The summed E-state index contributed by atoms with van der Waals surface area (Å²) in [5.74, 6) is 2.64. The Kier molecular flexibility index (Phi) is 3.09. The number of imidazole rings is 1. The largest absolute Gasteiger partial charge is 0.399 e. The molecule has 1 saturated heterocycles. The van der Waals surface area contributed by atoms with E-state index >= 15 is 0 Å². The Morgan fingerprint density at radius 3 is 2.74 bits per heavy atom. The molecule has 4 nitrogen and oxygen atoms in total. The zero-order valence-electron chi connectivity index (χ0n) is 11.7. The van der Waals surface area contributed by atoms with Gasteiger partial charge in [0.05, 0.1) is 11.0 Å². The predicted octanol–water partition coefficient (Wildman–Crippen LogP) is 3.02. The molecule has 0 saturated carbocycles. The minimum atomic E-state index is 0.779.